The van der Waals surface area contributed by atoms with Crippen LogP contribution in [0.5, 0.6) is 0 Å². The number of fused-ring (bicyclic) bond motifs is 2. The van der Waals surface area contributed by atoms with Gasteiger partial charge >= 0.3 is 5.97 Å². The molecule has 2 bridgehead atoms. The monoisotopic (exact) mass is 279 g/mol. The Bertz CT molecular complexity index is 596. The van der Waals surface area contributed by atoms with Crippen LogP contribution in [0.3, 0.4) is 0 Å². The number of aromatic amines is 1. The topological polar surface area (TPSA) is 117 Å². The van der Waals surface area contributed by atoms with Crippen LogP contribution in [0.25, 0.3) is 0 Å². The summed E-state index contributed by atoms with van der Waals surface area (Å²) in [5, 5.41) is 19.8. The van der Waals surface area contributed by atoms with E-state index in [0.717, 1.165) is 6.42 Å². The van der Waals surface area contributed by atoms with Crippen LogP contribution >= 0.6 is 0 Å². The van der Waals surface area contributed by atoms with E-state index in [4.69, 9.17) is 5.11 Å². The molecule has 1 aromatic rings. The molecule has 2 fully saturated rings. The van der Waals surface area contributed by atoms with Gasteiger partial charge in [0.15, 0.2) is 0 Å². The molecule has 8 heteroatoms. The molecule has 3 atom stereocenters. The van der Waals surface area contributed by atoms with E-state index < -0.39 is 16.8 Å². The van der Waals surface area contributed by atoms with Crippen molar-refractivity contribution >= 4 is 17.6 Å². The lowest BCUT2D eigenvalue weighted by atomic mass is 9.89. The first kappa shape index (κ1) is 12.6. The fourth-order valence-corrected chi connectivity index (χ4v) is 3.32. The number of carboxylic acid groups (broad SMARTS) is 1. The summed E-state index contributed by atoms with van der Waals surface area (Å²) in [6.07, 6.45) is 3.10. The molecule has 0 aromatic carbocycles. The van der Waals surface area contributed by atoms with Gasteiger partial charge in [0.05, 0.1) is 17.0 Å². The Kier molecular flexibility index (Phi) is 2.73. The number of nitrogens with zero attached hydrogens (tertiary/aromatic N) is 2. The summed E-state index contributed by atoms with van der Waals surface area (Å²) >= 11 is 0. The van der Waals surface area contributed by atoms with E-state index in [-0.39, 0.29) is 29.4 Å². The maximum Gasteiger partial charge on any atom is 0.308 e. The lowest BCUT2D eigenvalue weighted by molar-refractivity contribution is -0.384. The van der Waals surface area contributed by atoms with E-state index in [1.54, 1.807) is 4.90 Å². The van der Waals surface area contributed by atoms with E-state index in [1.807, 2.05) is 0 Å². The van der Waals surface area contributed by atoms with Crippen molar-refractivity contribution in [3.05, 3.63) is 28.1 Å². The first-order chi connectivity index (χ1) is 9.49. The molecule has 0 aliphatic carbocycles. The molecular formula is C12H13N3O5. The minimum absolute atomic E-state index is 0.0732. The summed E-state index contributed by atoms with van der Waals surface area (Å²) in [5.74, 6) is -1.76. The lowest BCUT2D eigenvalue weighted by Gasteiger charge is -2.22. The second kappa shape index (κ2) is 4.32. The number of hydrogen-bond donors (Lipinski definition) is 2. The SMILES string of the molecule is O=C(O)C1CC2CCC1N2C(=O)c1cc([N+](=O)[O-])c[nH]1. The van der Waals surface area contributed by atoms with Crippen LogP contribution in [0.15, 0.2) is 12.3 Å². The highest BCUT2D eigenvalue weighted by atomic mass is 16.6. The first-order valence-electron chi connectivity index (χ1n) is 6.37. The summed E-state index contributed by atoms with van der Waals surface area (Å²) in [5.41, 5.74) is -0.0330. The van der Waals surface area contributed by atoms with Gasteiger partial charge in [0.1, 0.15) is 5.69 Å². The van der Waals surface area contributed by atoms with E-state index in [0.29, 0.717) is 12.8 Å². The average molecular weight is 279 g/mol. The smallest absolute Gasteiger partial charge is 0.308 e. The highest BCUT2D eigenvalue weighted by Gasteiger charge is 2.51. The van der Waals surface area contributed by atoms with Crippen molar-refractivity contribution in [1.29, 1.82) is 0 Å². The van der Waals surface area contributed by atoms with Crippen LogP contribution in [0, 0.1) is 16.0 Å². The van der Waals surface area contributed by atoms with Crippen LogP contribution in [0.2, 0.25) is 0 Å². The van der Waals surface area contributed by atoms with Crippen molar-refractivity contribution in [2.75, 3.05) is 0 Å². The Balaban J connectivity index is 1.84. The van der Waals surface area contributed by atoms with Gasteiger partial charge in [-0.05, 0) is 19.3 Å². The summed E-state index contributed by atoms with van der Waals surface area (Å²) < 4.78 is 0. The number of nitrogens with one attached hydrogen (secondary N) is 1. The predicted molar refractivity (Wildman–Crippen MR) is 66.2 cm³/mol. The van der Waals surface area contributed by atoms with E-state index in [1.165, 1.54) is 12.3 Å². The van der Waals surface area contributed by atoms with E-state index in [9.17, 15) is 19.7 Å². The molecule has 2 aliphatic heterocycles. The zero-order chi connectivity index (χ0) is 14.4. The van der Waals surface area contributed by atoms with Crippen LogP contribution in [0.1, 0.15) is 29.8 Å². The Morgan fingerprint density at radius 3 is 2.75 bits per heavy atom. The molecule has 2 aliphatic rings. The van der Waals surface area contributed by atoms with Crippen LogP contribution in [-0.2, 0) is 4.79 Å². The number of amides is 1. The fourth-order valence-electron chi connectivity index (χ4n) is 3.32. The number of aromatic nitrogens is 1. The molecule has 1 amide bonds. The maximum atomic E-state index is 12.4. The Hall–Kier alpha value is -2.38. The highest BCUT2D eigenvalue weighted by molar-refractivity contribution is 5.94. The number of H-pyrrole nitrogens is 1. The standard InChI is InChI=1S/C12H13N3O5/c16-11(9-4-7(5-13-9)15(19)20)14-6-1-2-10(14)8(3-6)12(17)18/h4-6,8,10,13H,1-3H2,(H,17,18). The number of nitro groups is 1. The number of rotatable bonds is 3. The molecule has 0 spiro atoms. The van der Waals surface area contributed by atoms with Crippen molar-refractivity contribution < 1.29 is 19.6 Å². The maximum absolute atomic E-state index is 12.4. The second-order valence-corrected chi connectivity index (χ2v) is 5.22. The summed E-state index contributed by atoms with van der Waals surface area (Å²) in [6.45, 7) is 0. The normalized spacial score (nSPS) is 27.8. The third kappa shape index (κ3) is 1.75. The molecule has 0 saturated carbocycles. The third-order valence-electron chi connectivity index (χ3n) is 4.20. The largest absolute Gasteiger partial charge is 0.481 e. The van der Waals surface area contributed by atoms with Crippen molar-refractivity contribution in [1.82, 2.24) is 9.88 Å². The van der Waals surface area contributed by atoms with Gasteiger partial charge in [-0.3, -0.25) is 19.7 Å². The molecule has 8 nitrogen and oxygen atoms in total. The van der Waals surface area contributed by atoms with Crippen LogP contribution in [0.4, 0.5) is 5.69 Å². The predicted octanol–water partition coefficient (Wildman–Crippen LogP) is 1.00. The molecule has 20 heavy (non-hydrogen) atoms. The quantitative estimate of drug-likeness (QED) is 0.632. The van der Waals surface area contributed by atoms with Gasteiger partial charge in [0.2, 0.25) is 0 Å². The molecule has 1 aromatic heterocycles. The first-order valence-corrected chi connectivity index (χ1v) is 6.37. The molecule has 2 N–H and O–H groups in total. The number of carboxylic acids is 1. The van der Waals surface area contributed by atoms with Crippen LogP contribution < -0.4 is 0 Å². The molecule has 2 saturated heterocycles. The molecule has 3 rings (SSSR count). The Labute approximate surface area is 113 Å². The molecule has 3 heterocycles. The summed E-state index contributed by atoms with van der Waals surface area (Å²) in [7, 11) is 0. The number of aliphatic carboxylic acids is 1. The van der Waals surface area contributed by atoms with Gasteiger partial charge in [0.25, 0.3) is 11.6 Å². The summed E-state index contributed by atoms with van der Waals surface area (Å²) in [4.78, 5) is 37.8. The van der Waals surface area contributed by atoms with Gasteiger partial charge in [0, 0.05) is 18.2 Å². The molecule has 0 radical (unpaired) electrons. The van der Waals surface area contributed by atoms with Gasteiger partial charge in [-0.2, -0.15) is 0 Å². The number of carbonyl (C=O) groups is 2. The minimum Gasteiger partial charge on any atom is -0.481 e. The summed E-state index contributed by atoms with van der Waals surface area (Å²) in [6, 6.07) is 0.818. The average Bonchev–Trinajstić information content (AvgIpc) is 3.11. The number of hydrogen-bond acceptors (Lipinski definition) is 4. The molecule has 3 unspecified atom stereocenters. The van der Waals surface area contributed by atoms with Crippen molar-refractivity contribution in [2.45, 2.75) is 31.3 Å². The molecular weight excluding hydrogens is 266 g/mol. The van der Waals surface area contributed by atoms with Gasteiger partial charge in [-0.1, -0.05) is 0 Å². The van der Waals surface area contributed by atoms with E-state index >= 15 is 0 Å². The Morgan fingerprint density at radius 1 is 1.45 bits per heavy atom. The molecule has 106 valence electrons. The van der Waals surface area contributed by atoms with Gasteiger partial charge in [-0.15, -0.1) is 0 Å². The van der Waals surface area contributed by atoms with E-state index in [2.05, 4.69) is 4.98 Å². The zero-order valence-corrected chi connectivity index (χ0v) is 10.5. The van der Waals surface area contributed by atoms with Crippen molar-refractivity contribution in [3.8, 4) is 0 Å². The Morgan fingerprint density at radius 2 is 2.20 bits per heavy atom. The fraction of sp³-hybridized carbons (Fsp3) is 0.500. The number of carbonyl (C=O) groups excluding carboxylic acids is 1. The van der Waals surface area contributed by atoms with Crippen LogP contribution in [-0.4, -0.2) is 43.9 Å². The van der Waals surface area contributed by atoms with Crippen molar-refractivity contribution in [2.24, 2.45) is 5.92 Å². The highest BCUT2D eigenvalue weighted by Crippen LogP contribution is 2.42. The van der Waals surface area contributed by atoms with Gasteiger partial charge < -0.3 is 15.0 Å². The second-order valence-electron chi connectivity index (χ2n) is 5.22. The zero-order valence-electron chi connectivity index (χ0n) is 10.5. The third-order valence-corrected chi connectivity index (χ3v) is 4.20. The van der Waals surface area contributed by atoms with Gasteiger partial charge in [-0.25, -0.2) is 0 Å². The van der Waals surface area contributed by atoms with Crippen molar-refractivity contribution in [3.63, 3.8) is 0 Å². The lowest BCUT2D eigenvalue weighted by Crippen LogP contribution is -2.38. The minimum atomic E-state index is -0.882.